The lowest BCUT2D eigenvalue weighted by molar-refractivity contribution is -0.127. The number of hydrogen-bond acceptors (Lipinski definition) is 9. The Morgan fingerprint density at radius 1 is 1.02 bits per heavy atom. The van der Waals surface area contributed by atoms with Gasteiger partial charge in [0, 0.05) is 31.7 Å². The summed E-state index contributed by atoms with van der Waals surface area (Å²) < 4.78 is 21.7. The van der Waals surface area contributed by atoms with Crippen LogP contribution in [-0.4, -0.2) is 73.9 Å². The van der Waals surface area contributed by atoms with E-state index < -0.39 is 5.41 Å². The van der Waals surface area contributed by atoms with Crippen LogP contribution >= 0.6 is 0 Å². The van der Waals surface area contributed by atoms with E-state index in [2.05, 4.69) is 24.0 Å². The fourth-order valence-corrected chi connectivity index (χ4v) is 7.84. The number of ketones is 1. The number of aromatic nitrogens is 5. The van der Waals surface area contributed by atoms with E-state index in [0.717, 1.165) is 82.0 Å². The van der Waals surface area contributed by atoms with Crippen molar-refractivity contribution >= 4 is 16.9 Å². The molecule has 11 nitrogen and oxygen atoms in total. The number of hydrogen-bond donors (Lipinski definition) is 0. The van der Waals surface area contributed by atoms with Gasteiger partial charge in [0.2, 0.25) is 17.5 Å². The van der Waals surface area contributed by atoms with Crippen LogP contribution in [0.2, 0.25) is 0 Å². The highest BCUT2D eigenvalue weighted by molar-refractivity contribution is 5.91. The van der Waals surface area contributed by atoms with Crippen LogP contribution in [-0.2, 0) is 28.4 Å². The summed E-state index contributed by atoms with van der Waals surface area (Å²) in [5.41, 5.74) is 2.05. The molecule has 0 N–H and O–H groups in total. The van der Waals surface area contributed by atoms with E-state index in [4.69, 9.17) is 24.0 Å². The molecule has 5 heterocycles. The summed E-state index contributed by atoms with van der Waals surface area (Å²) in [5, 5.41) is 4.52. The Bertz CT molecular complexity index is 1530. The van der Waals surface area contributed by atoms with Crippen molar-refractivity contribution in [2.24, 2.45) is 7.05 Å². The quantitative estimate of drug-likeness (QED) is 0.457. The zero-order valence-electron chi connectivity index (χ0n) is 24.4. The molecule has 2 saturated heterocycles. The number of carbonyl (C=O) groups excluding carboxylic acids is 1. The third-order valence-electron chi connectivity index (χ3n) is 10.1. The van der Waals surface area contributed by atoms with E-state index >= 15 is 0 Å². The summed E-state index contributed by atoms with van der Waals surface area (Å²) >= 11 is 0. The number of fused-ring (bicyclic) bond motifs is 3. The van der Waals surface area contributed by atoms with Gasteiger partial charge in [-0.05, 0) is 78.3 Å². The van der Waals surface area contributed by atoms with Crippen LogP contribution in [0.4, 0.5) is 0 Å². The molecule has 1 saturated carbocycles. The molecule has 11 heteroatoms. The third kappa shape index (κ3) is 4.26. The van der Waals surface area contributed by atoms with E-state index in [-0.39, 0.29) is 29.7 Å². The largest absolute Gasteiger partial charge is 0.471 e. The molecule has 41 heavy (non-hydrogen) atoms. The molecule has 3 aromatic rings. The summed E-state index contributed by atoms with van der Waals surface area (Å²) in [7, 11) is 3.87. The zero-order chi connectivity index (χ0) is 28.3. The van der Waals surface area contributed by atoms with Gasteiger partial charge in [0.15, 0.2) is 11.2 Å². The lowest BCUT2D eigenvalue weighted by Crippen LogP contribution is -2.41. The average Bonchev–Trinajstić information content (AvgIpc) is 3.67. The van der Waals surface area contributed by atoms with Crippen LogP contribution in [0.5, 0.6) is 5.88 Å². The number of aryl methyl sites for hydroxylation is 1. The van der Waals surface area contributed by atoms with Gasteiger partial charge in [0.25, 0.3) is 0 Å². The fourth-order valence-electron chi connectivity index (χ4n) is 7.84. The Hall–Kier alpha value is -3.05. The van der Waals surface area contributed by atoms with Crippen molar-refractivity contribution in [3.8, 4) is 17.5 Å². The molecule has 4 atom stereocenters. The van der Waals surface area contributed by atoms with E-state index in [1.165, 1.54) is 0 Å². The Morgan fingerprint density at radius 3 is 2.63 bits per heavy atom. The van der Waals surface area contributed by atoms with Gasteiger partial charge in [-0.25, -0.2) is 9.78 Å². The molecule has 0 radical (unpaired) electrons. The summed E-state index contributed by atoms with van der Waals surface area (Å²) in [4.78, 5) is 39.1. The zero-order valence-corrected chi connectivity index (χ0v) is 24.4. The van der Waals surface area contributed by atoms with Crippen LogP contribution < -0.4 is 10.4 Å². The maximum atomic E-state index is 13.7. The fraction of sp³-hybridized carbons (Fsp3) is 0.700. The lowest BCUT2D eigenvalue weighted by Gasteiger charge is -2.37. The molecule has 2 aliphatic heterocycles. The Balaban J connectivity index is 1.39. The second kappa shape index (κ2) is 10.3. The van der Waals surface area contributed by atoms with Gasteiger partial charge in [-0.1, -0.05) is 11.6 Å². The van der Waals surface area contributed by atoms with Crippen LogP contribution in [0, 0.1) is 0 Å². The number of Topliss-reactive ketones (excluding diaryl/α,β-unsaturated/α-hetero) is 1. The summed E-state index contributed by atoms with van der Waals surface area (Å²) in [5.74, 6) is 1.48. The molecule has 3 fully saturated rings. The van der Waals surface area contributed by atoms with Gasteiger partial charge in [-0.3, -0.25) is 18.8 Å². The predicted octanol–water partition coefficient (Wildman–Crippen LogP) is 3.72. The second-order valence-corrected chi connectivity index (χ2v) is 12.5. The molecule has 0 amide bonds. The molecule has 2 aliphatic carbocycles. The first-order chi connectivity index (χ1) is 19.9. The maximum absolute atomic E-state index is 13.7. The van der Waals surface area contributed by atoms with E-state index in [0.29, 0.717) is 48.3 Å². The summed E-state index contributed by atoms with van der Waals surface area (Å²) in [6.07, 6.45) is 9.55. The number of likely N-dealkylation sites (tertiary alicyclic amines) is 1. The van der Waals surface area contributed by atoms with Crippen LogP contribution in [0.3, 0.4) is 0 Å². The molecule has 220 valence electrons. The number of rotatable bonds is 5. The van der Waals surface area contributed by atoms with Gasteiger partial charge < -0.3 is 14.0 Å². The third-order valence-corrected chi connectivity index (χ3v) is 10.1. The van der Waals surface area contributed by atoms with Crippen molar-refractivity contribution < 1.29 is 18.8 Å². The minimum Gasteiger partial charge on any atom is -0.471 e. The number of ether oxygens (including phenoxy) is 2. The highest BCUT2D eigenvalue weighted by Crippen LogP contribution is 2.47. The van der Waals surface area contributed by atoms with Gasteiger partial charge in [-0.15, -0.1) is 0 Å². The van der Waals surface area contributed by atoms with Crippen molar-refractivity contribution in [2.45, 2.75) is 101 Å². The van der Waals surface area contributed by atoms with Crippen LogP contribution in [0.15, 0.2) is 9.32 Å². The van der Waals surface area contributed by atoms with E-state index in [1.807, 2.05) is 0 Å². The Morgan fingerprint density at radius 2 is 1.88 bits per heavy atom. The molecule has 1 spiro atoms. The standard InChI is InChI=1S/C30H40N6O5/c1-18(21-11-7-15-34(21)2)40-28-23-27(36(29(38)35(23)3)19-9-8-16-39-17-19)31-26(32-28)24-20-10-6-14-30(25(20)33-41-24)13-5-4-12-22(30)37/h18-19,21H,4-17H2,1-3H3/t18-,19?,21-,30+/m0/s1. The monoisotopic (exact) mass is 564 g/mol. The topological polar surface area (TPSA) is 118 Å². The average molecular weight is 565 g/mol. The smallest absolute Gasteiger partial charge is 0.330 e. The first kappa shape index (κ1) is 26.8. The van der Waals surface area contributed by atoms with Crippen LogP contribution in [0.1, 0.15) is 88.4 Å². The normalized spacial score (nSPS) is 27.9. The second-order valence-electron chi connectivity index (χ2n) is 12.5. The van der Waals surface area contributed by atoms with Crippen molar-refractivity contribution in [3.63, 3.8) is 0 Å². The van der Waals surface area contributed by atoms with Crippen molar-refractivity contribution in [1.29, 1.82) is 0 Å². The summed E-state index contributed by atoms with van der Waals surface area (Å²) in [6, 6.07) is 0.130. The van der Waals surface area contributed by atoms with Gasteiger partial charge in [0.05, 0.1) is 18.1 Å². The molecular weight excluding hydrogens is 524 g/mol. The number of nitrogens with zero attached hydrogens (tertiary/aromatic N) is 6. The van der Waals surface area contributed by atoms with Gasteiger partial charge >= 0.3 is 5.69 Å². The van der Waals surface area contributed by atoms with Gasteiger partial charge in [-0.2, -0.15) is 4.98 Å². The summed E-state index contributed by atoms with van der Waals surface area (Å²) in [6.45, 7) is 4.25. The first-order valence-electron chi connectivity index (χ1n) is 15.4. The Kier molecular flexibility index (Phi) is 6.77. The van der Waals surface area contributed by atoms with Crippen LogP contribution in [0.25, 0.3) is 22.7 Å². The van der Waals surface area contributed by atoms with Crippen molar-refractivity contribution in [3.05, 3.63) is 21.7 Å². The first-order valence-corrected chi connectivity index (χ1v) is 15.4. The molecule has 1 unspecified atom stereocenters. The minimum atomic E-state index is -0.563. The van der Waals surface area contributed by atoms with E-state index in [9.17, 15) is 9.59 Å². The van der Waals surface area contributed by atoms with Crippen molar-refractivity contribution in [2.75, 3.05) is 26.8 Å². The molecule has 7 rings (SSSR count). The van der Waals surface area contributed by atoms with Crippen molar-refractivity contribution in [1.82, 2.24) is 29.2 Å². The van der Waals surface area contributed by atoms with E-state index in [1.54, 1.807) is 16.2 Å². The number of imidazole rings is 1. The maximum Gasteiger partial charge on any atom is 0.330 e. The molecule has 3 aromatic heterocycles. The molecule has 0 aromatic carbocycles. The predicted molar refractivity (Wildman–Crippen MR) is 151 cm³/mol. The Labute approximate surface area is 239 Å². The molecule has 0 bridgehead atoms. The number of carbonyl (C=O) groups is 1. The molecule has 4 aliphatic rings. The minimum absolute atomic E-state index is 0.124. The molecular formula is C30H40N6O5. The highest BCUT2D eigenvalue weighted by atomic mass is 16.5. The number of likely N-dealkylation sites (N-methyl/N-ethyl adjacent to an activating group) is 1. The SMILES string of the molecule is C[C@H](Oc1nc(-c2onc3c2CCC[C@@]32CCCCC2=O)nc2c1n(C)c(=O)n2C1CCCOC1)[C@@H]1CCCN1C. The highest BCUT2D eigenvalue weighted by Gasteiger charge is 2.48. The lowest BCUT2D eigenvalue weighted by atomic mass is 9.64. The van der Waals surface area contributed by atoms with Gasteiger partial charge in [0.1, 0.15) is 17.6 Å².